The van der Waals surface area contributed by atoms with Crippen molar-refractivity contribution in [2.45, 2.75) is 60.7 Å². The van der Waals surface area contributed by atoms with Crippen LogP contribution in [0.4, 0.5) is 14.6 Å². The summed E-state index contributed by atoms with van der Waals surface area (Å²) >= 11 is 1.16. The molecular weight excluding hydrogens is 1070 g/mol. The molecule has 4 bridgehead atoms. The number of alkyl halides is 2. The molecule has 0 saturated carbocycles. The van der Waals surface area contributed by atoms with Crippen molar-refractivity contribution in [3.05, 3.63) is 171 Å². The molecule has 6 heterocycles. The molecule has 3 fully saturated rings. The summed E-state index contributed by atoms with van der Waals surface area (Å²) in [5.41, 5.74) is 6.15. The number of hydrogen-bond donors (Lipinski definition) is 4. The number of carbonyl (C=O) groups is 2. The number of nitrogens with one attached hydrogen (secondary N) is 1. The predicted molar refractivity (Wildman–Crippen MR) is 266 cm³/mol. The van der Waals surface area contributed by atoms with Gasteiger partial charge in [0.15, 0.2) is 42.0 Å². The molecule has 0 amide bonds. The van der Waals surface area contributed by atoms with E-state index in [-0.39, 0.29) is 57.1 Å². The van der Waals surface area contributed by atoms with Crippen molar-refractivity contribution < 1.29 is 70.0 Å². The first-order valence-corrected chi connectivity index (χ1v) is 28.8. The first kappa shape index (κ1) is 51.9. The topological polar surface area (TPSA) is 298 Å². The number of aromatic amines is 1. The maximum absolute atomic E-state index is 17.3. The van der Waals surface area contributed by atoms with Crippen molar-refractivity contribution in [3.8, 4) is 17.2 Å². The van der Waals surface area contributed by atoms with Crippen molar-refractivity contribution in [3.63, 3.8) is 0 Å². The molecule has 0 spiro atoms. The average molecular weight is 1110 g/mol. The minimum Gasteiger partial charge on any atom is -0.508 e. The van der Waals surface area contributed by atoms with Gasteiger partial charge in [-0.25, -0.2) is 42.5 Å². The lowest BCUT2D eigenvalue weighted by atomic mass is 10.0. The molecule has 0 aliphatic carbocycles. The van der Waals surface area contributed by atoms with Crippen molar-refractivity contribution in [1.82, 2.24) is 29.1 Å². The molecule has 7 aromatic rings. The number of hydrogen-bond acceptors (Lipinski definition) is 21. The molecule has 390 valence electrons. The number of nitrogen functional groups attached to an aromatic ring is 1. The van der Waals surface area contributed by atoms with Gasteiger partial charge in [-0.05, 0) is 94.6 Å². The number of aromatic nitrogens is 6. The summed E-state index contributed by atoms with van der Waals surface area (Å²) in [6.07, 6.45) is -11.7. The molecule has 10 atom stereocenters. The van der Waals surface area contributed by atoms with Crippen LogP contribution >= 0.6 is 36.4 Å². The zero-order valence-corrected chi connectivity index (χ0v) is 41.9. The largest absolute Gasteiger partial charge is 0.508 e. The third-order valence-corrected chi connectivity index (χ3v) is 19.3. The number of imidazole rings is 1. The number of carbonyl (C=O) groups excluding carboxylic acids is 2. The Labute approximate surface area is 430 Å². The number of anilines is 1. The Morgan fingerprint density at radius 2 is 1.21 bits per heavy atom. The van der Waals surface area contributed by atoms with Gasteiger partial charge in [0, 0.05) is 34.9 Å². The van der Waals surface area contributed by atoms with Crippen LogP contribution in [0.3, 0.4) is 0 Å². The van der Waals surface area contributed by atoms with Crippen LogP contribution in [0.15, 0.2) is 132 Å². The highest BCUT2D eigenvalue weighted by Crippen LogP contribution is 2.67. The smallest absolute Gasteiger partial charge is 0.390 e. The third kappa shape index (κ3) is 11.4. The first-order chi connectivity index (χ1) is 36.0. The lowest BCUT2D eigenvalue weighted by Gasteiger charge is -2.27. The predicted octanol–water partition coefficient (Wildman–Crippen LogP) is 7.19. The third-order valence-electron chi connectivity index (χ3n) is 12.0. The Morgan fingerprint density at radius 3 is 1.76 bits per heavy atom. The summed E-state index contributed by atoms with van der Waals surface area (Å²) in [6, 6.07) is 24.3. The van der Waals surface area contributed by atoms with Crippen LogP contribution < -0.4 is 21.7 Å². The molecule has 3 aliphatic heterocycles. The quantitative estimate of drug-likeness (QED) is 0.0407. The number of halogens is 2. The second-order valence-corrected chi connectivity index (χ2v) is 25.0. The number of H-pyrrole nitrogens is 1. The van der Waals surface area contributed by atoms with Gasteiger partial charge in [-0.2, -0.15) is 0 Å². The van der Waals surface area contributed by atoms with Crippen LogP contribution in [0.25, 0.3) is 11.2 Å². The van der Waals surface area contributed by atoms with Crippen molar-refractivity contribution in [1.29, 1.82) is 0 Å². The Kier molecular flexibility index (Phi) is 14.9. The molecule has 75 heavy (non-hydrogen) atoms. The van der Waals surface area contributed by atoms with E-state index in [1.807, 2.05) is 0 Å². The summed E-state index contributed by atoms with van der Waals surface area (Å²) in [7, 11) is 0. The minimum atomic E-state index is -4.75. The lowest BCUT2D eigenvalue weighted by molar-refractivity contribution is -0.0597. The van der Waals surface area contributed by atoms with Gasteiger partial charge in [0.1, 0.15) is 53.5 Å². The Balaban J connectivity index is 0.956. The lowest BCUT2D eigenvalue weighted by Crippen LogP contribution is -2.38. The Morgan fingerprint density at radius 1 is 0.707 bits per heavy atom. The Bertz CT molecular complexity index is 3470. The maximum atomic E-state index is 17.3. The number of phenols is 2. The first-order valence-electron chi connectivity index (χ1n) is 22.5. The van der Waals surface area contributed by atoms with Crippen LogP contribution in [0, 0.1) is 0 Å². The molecule has 3 aliphatic rings. The number of rotatable bonds is 12. The molecular formula is C47H41F2N7O15P2S2. The average Bonchev–Trinajstić information content (AvgIpc) is 4.06. The molecule has 2 unspecified atom stereocenters. The SMILES string of the molecule is Nc1ncnc2c1ncn2[C@@H]1O[C@@H]2COP(=O)(SCc3ccc(C(=O)c4ccc(O)cc4)cc3)O[C@@H]3[C@H](F)[C@@H](COP(=O)(SCc4ccc(OC(=O)c5ccc(O)cc5)cc4)O[C@@H]1[C@@H]2F)O[C@H]3n1ccc(=O)[nH]c1=O. The zero-order chi connectivity index (χ0) is 52.6. The summed E-state index contributed by atoms with van der Waals surface area (Å²) in [4.78, 5) is 65.7. The van der Waals surface area contributed by atoms with Gasteiger partial charge < -0.3 is 30.2 Å². The van der Waals surface area contributed by atoms with E-state index < -0.39 is 93.2 Å². The molecule has 10 rings (SSSR count). The number of fused-ring (bicyclic) bond motifs is 5. The fourth-order valence-corrected chi connectivity index (χ4v) is 14.8. The number of ketones is 1. The van der Waals surface area contributed by atoms with Gasteiger partial charge in [0.2, 0.25) is 0 Å². The molecule has 28 heteroatoms. The normalized spacial score (nSPS) is 26.9. The number of benzene rings is 4. The van der Waals surface area contributed by atoms with Gasteiger partial charge in [-0.15, -0.1) is 0 Å². The monoisotopic (exact) mass is 1110 g/mol. The second-order valence-electron chi connectivity index (χ2n) is 16.9. The van der Waals surface area contributed by atoms with Crippen LogP contribution in [0.1, 0.15) is 49.9 Å². The van der Waals surface area contributed by atoms with Crippen molar-refractivity contribution in [2.75, 3.05) is 18.9 Å². The highest BCUT2D eigenvalue weighted by molar-refractivity contribution is 8.55. The number of esters is 1. The second kappa shape index (κ2) is 21.6. The summed E-state index contributed by atoms with van der Waals surface area (Å²) < 4.78 is 109. The van der Waals surface area contributed by atoms with Crippen molar-refractivity contribution >= 4 is 65.1 Å². The minimum absolute atomic E-state index is 0.0179. The molecule has 22 nitrogen and oxygen atoms in total. The Hall–Kier alpha value is -6.57. The fraction of sp³-hybridized carbons (Fsp3) is 0.255. The number of aromatic hydroxyl groups is 2. The van der Waals surface area contributed by atoms with Gasteiger partial charge in [-0.1, -0.05) is 36.4 Å². The summed E-state index contributed by atoms with van der Waals surface area (Å²) in [5, 5.41) is 19.2. The highest BCUT2D eigenvalue weighted by atomic mass is 32.7. The van der Waals surface area contributed by atoms with E-state index in [1.54, 1.807) is 24.3 Å². The van der Waals surface area contributed by atoms with E-state index in [4.69, 9.17) is 38.0 Å². The number of nitrogens with two attached hydrogens (primary N) is 1. The molecule has 4 aromatic carbocycles. The number of phenolic OH excluding ortho intramolecular Hbond substituents is 2. The van der Waals surface area contributed by atoms with Crippen molar-refractivity contribution in [2.24, 2.45) is 0 Å². The highest BCUT2D eigenvalue weighted by Gasteiger charge is 2.55. The fourth-order valence-electron chi connectivity index (χ4n) is 8.10. The van der Waals surface area contributed by atoms with Crippen LogP contribution in [-0.2, 0) is 48.2 Å². The van der Waals surface area contributed by atoms with E-state index in [1.165, 1.54) is 83.7 Å². The van der Waals surface area contributed by atoms with Gasteiger partial charge in [0.05, 0.1) is 25.1 Å². The zero-order valence-electron chi connectivity index (χ0n) is 38.5. The molecule has 3 saturated heterocycles. The van der Waals surface area contributed by atoms with E-state index in [9.17, 15) is 29.4 Å². The standard InChI is InChI=1S/C47H41F2N7O15P2S2/c48-36-33-19-65-73(64,75-22-26-3-15-32(16-4-26)67-46(61)29-9-13-31(58)14-10-29)71-41-37(49)34(69-45(41)56-24-53-38-42(50)51-23-52-43(38)56)20-66-72(63,70-40(36)44(68-33)55-18-17-35(59)54-47(55)62)74-21-25-1-5-27(6-2-25)39(60)28-7-11-30(57)12-8-28/h1-18,23-24,33-34,36-37,40-41,44-45,57-58H,19-22H2,(H2,50,51,52)(H,54,59,62)/t33-,34-,36-,37-,40-,41-,44-,45-,72?,73?/m1/s1. The summed E-state index contributed by atoms with van der Waals surface area (Å²) in [5.74, 6) is -1.28. The van der Waals surface area contributed by atoms with Crippen LogP contribution in [0.5, 0.6) is 17.2 Å². The number of nitrogens with zero attached hydrogens (tertiary/aromatic N) is 5. The number of ether oxygens (including phenoxy) is 3. The van der Waals surface area contributed by atoms with E-state index in [0.717, 1.165) is 23.2 Å². The molecule has 5 N–H and O–H groups in total. The molecule has 3 aromatic heterocycles. The van der Waals surface area contributed by atoms with Crippen LogP contribution in [0.2, 0.25) is 0 Å². The van der Waals surface area contributed by atoms with E-state index in [2.05, 4.69) is 19.9 Å². The van der Waals surface area contributed by atoms with Gasteiger partial charge >= 0.3 is 25.3 Å². The van der Waals surface area contributed by atoms with E-state index in [0.29, 0.717) is 45.0 Å². The van der Waals surface area contributed by atoms with Crippen LogP contribution in [-0.4, -0.2) is 101 Å². The maximum Gasteiger partial charge on any atom is 0.390 e. The van der Waals surface area contributed by atoms with Gasteiger partial charge in [-0.3, -0.25) is 41.8 Å². The molecule has 0 radical (unpaired) electrons. The van der Waals surface area contributed by atoms with Gasteiger partial charge in [0.25, 0.3) is 5.56 Å². The van der Waals surface area contributed by atoms with E-state index >= 15 is 17.9 Å². The summed E-state index contributed by atoms with van der Waals surface area (Å²) in [6.45, 7) is -11.2.